The first-order valence-corrected chi connectivity index (χ1v) is 6.65. The molecule has 3 atom stereocenters. The lowest BCUT2D eigenvalue weighted by Gasteiger charge is -2.26. The third kappa shape index (κ3) is 3.71. The number of hydrogen-bond acceptors (Lipinski definition) is 5. The monoisotopic (exact) mass is 275 g/mol. The molecule has 0 saturated carbocycles. The second kappa shape index (κ2) is 6.19. The van der Waals surface area contributed by atoms with Crippen LogP contribution in [0.3, 0.4) is 0 Å². The van der Waals surface area contributed by atoms with Gasteiger partial charge in [0.1, 0.15) is 0 Å². The number of carboxylic acids is 1. The van der Waals surface area contributed by atoms with Crippen molar-refractivity contribution < 1.29 is 24.6 Å². The number of aliphatic hydroxyl groups excluding tert-OH is 1. The number of aliphatic hydroxyl groups is 1. The van der Waals surface area contributed by atoms with Gasteiger partial charge < -0.3 is 15.1 Å². The normalized spacial score (nSPS) is 22.9. The van der Waals surface area contributed by atoms with Crippen LogP contribution in [0.5, 0.6) is 0 Å². The molecule has 102 valence electrons. The fourth-order valence-electron chi connectivity index (χ4n) is 2.02. The number of amides is 1. The predicted molar refractivity (Wildman–Crippen MR) is 66.1 cm³/mol. The number of rotatable bonds is 5. The number of hydrogen-bond donors (Lipinski definition) is 2. The first kappa shape index (κ1) is 15.0. The highest BCUT2D eigenvalue weighted by atomic mass is 32.2. The first-order chi connectivity index (χ1) is 8.32. The van der Waals surface area contributed by atoms with Gasteiger partial charge in [-0.3, -0.25) is 9.59 Å². The van der Waals surface area contributed by atoms with Crippen LogP contribution in [0.1, 0.15) is 20.3 Å². The van der Waals surface area contributed by atoms with Crippen LogP contribution in [0.25, 0.3) is 0 Å². The molecule has 0 aromatic heterocycles. The molecule has 1 amide bonds. The smallest absolute Gasteiger partial charge is 0.329 e. The van der Waals surface area contributed by atoms with Crippen LogP contribution < -0.4 is 0 Å². The molecule has 0 aromatic rings. The van der Waals surface area contributed by atoms with E-state index in [0.29, 0.717) is 5.75 Å². The van der Waals surface area contributed by atoms with Gasteiger partial charge in [0.2, 0.25) is 5.91 Å². The second-order valence-corrected chi connectivity index (χ2v) is 5.64. The molecule has 0 bridgehead atoms. The van der Waals surface area contributed by atoms with E-state index in [4.69, 9.17) is 5.11 Å². The zero-order valence-corrected chi connectivity index (χ0v) is 11.1. The molecule has 0 radical (unpaired) electrons. The van der Waals surface area contributed by atoms with E-state index in [2.05, 4.69) is 0 Å². The van der Waals surface area contributed by atoms with Crippen molar-refractivity contribution in [1.82, 2.24) is 4.90 Å². The van der Waals surface area contributed by atoms with Gasteiger partial charge in [0, 0.05) is 25.6 Å². The zero-order valence-electron chi connectivity index (χ0n) is 10.3. The summed E-state index contributed by atoms with van der Waals surface area (Å²) in [6.07, 6.45) is -0.887. The van der Waals surface area contributed by atoms with Crippen molar-refractivity contribution in [2.45, 2.75) is 32.4 Å². The van der Waals surface area contributed by atoms with E-state index >= 15 is 0 Å². The van der Waals surface area contributed by atoms with E-state index < -0.39 is 18.1 Å². The van der Waals surface area contributed by atoms with Gasteiger partial charge in [-0.25, -0.2) is 4.79 Å². The lowest BCUT2D eigenvalue weighted by atomic mass is 10.1. The number of likely N-dealkylation sites (tertiary alicyclic amines) is 1. The fraction of sp³-hybridized carbons (Fsp3) is 0.727. The van der Waals surface area contributed by atoms with E-state index in [0.717, 1.165) is 11.8 Å². The quantitative estimate of drug-likeness (QED) is 0.730. The lowest BCUT2D eigenvalue weighted by Crippen LogP contribution is -2.48. The predicted octanol–water partition coefficient (Wildman–Crippen LogP) is -0.0514. The molecule has 1 fully saturated rings. The van der Waals surface area contributed by atoms with Crippen LogP contribution in [0, 0.1) is 5.92 Å². The third-order valence-corrected chi connectivity index (χ3v) is 3.85. The van der Waals surface area contributed by atoms with Crippen LogP contribution >= 0.6 is 11.8 Å². The van der Waals surface area contributed by atoms with E-state index in [1.165, 1.54) is 18.7 Å². The number of aliphatic carboxylic acids is 1. The lowest BCUT2D eigenvalue weighted by molar-refractivity contribution is -0.152. The van der Waals surface area contributed by atoms with Gasteiger partial charge in [0.05, 0.1) is 6.10 Å². The summed E-state index contributed by atoms with van der Waals surface area (Å²) < 4.78 is 0. The summed E-state index contributed by atoms with van der Waals surface area (Å²) in [4.78, 5) is 34.8. The maximum absolute atomic E-state index is 11.7. The molecular weight excluding hydrogens is 258 g/mol. The minimum Gasteiger partial charge on any atom is -0.480 e. The Hall–Kier alpha value is -1.08. The first-order valence-electron chi connectivity index (χ1n) is 5.66. The SMILES string of the molecule is CC(=O)SCC1CC(=O)N([C@@H](C(=O)O)[C@H](C)O)C1. The number of nitrogens with zero attached hydrogens (tertiary/aromatic N) is 1. The van der Waals surface area contributed by atoms with Crippen molar-refractivity contribution in [3.8, 4) is 0 Å². The van der Waals surface area contributed by atoms with E-state index in [-0.39, 0.29) is 29.9 Å². The summed E-state index contributed by atoms with van der Waals surface area (Å²) in [6, 6.07) is -1.20. The summed E-state index contributed by atoms with van der Waals surface area (Å²) in [7, 11) is 0. The molecule has 0 aliphatic carbocycles. The molecule has 2 N–H and O–H groups in total. The number of carbonyl (C=O) groups excluding carboxylic acids is 2. The molecule has 1 saturated heterocycles. The molecule has 1 aliphatic heterocycles. The molecule has 18 heavy (non-hydrogen) atoms. The van der Waals surface area contributed by atoms with Crippen molar-refractivity contribution in [1.29, 1.82) is 0 Å². The number of carbonyl (C=O) groups is 3. The summed E-state index contributed by atoms with van der Waals surface area (Å²) >= 11 is 1.13. The van der Waals surface area contributed by atoms with Crippen molar-refractivity contribution in [3.05, 3.63) is 0 Å². The van der Waals surface area contributed by atoms with Crippen LogP contribution in [0.4, 0.5) is 0 Å². The van der Waals surface area contributed by atoms with Gasteiger partial charge in [0.25, 0.3) is 0 Å². The Bertz CT molecular complexity index is 357. The van der Waals surface area contributed by atoms with Crippen LogP contribution in [-0.2, 0) is 14.4 Å². The average molecular weight is 275 g/mol. The highest BCUT2D eigenvalue weighted by molar-refractivity contribution is 8.13. The molecule has 1 rings (SSSR count). The summed E-state index contributed by atoms with van der Waals surface area (Å²) in [5.41, 5.74) is 0. The molecule has 1 unspecified atom stereocenters. The van der Waals surface area contributed by atoms with Gasteiger partial charge >= 0.3 is 5.97 Å². The van der Waals surface area contributed by atoms with Gasteiger partial charge in [-0.05, 0) is 12.8 Å². The van der Waals surface area contributed by atoms with Crippen molar-refractivity contribution >= 4 is 28.8 Å². The molecule has 0 aromatic carbocycles. The Labute approximate surface area is 109 Å². The molecule has 1 aliphatic rings. The third-order valence-electron chi connectivity index (χ3n) is 2.81. The Morgan fingerprint density at radius 3 is 2.61 bits per heavy atom. The van der Waals surface area contributed by atoms with Crippen molar-refractivity contribution in [2.24, 2.45) is 5.92 Å². The molecule has 1 heterocycles. The summed E-state index contributed by atoms with van der Waals surface area (Å²) in [6.45, 7) is 3.08. The van der Waals surface area contributed by atoms with E-state index in [1.807, 2.05) is 0 Å². The Balaban J connectivity index is 2.65. The van der Waals surface area contributed by atoms with Gasteiger partial charge in [-0.2, -0.15) is 0 Å². The van der Waals surface area contributed by atoms with E-state index in [9.17, 15) is 19.5 Å². The van der Waals surface area contributed by atoms with E-state index in [1.54, 1.807) is 0 Å². The minimum absolute atomic E-state index is 0.0220. The highest BCUT2D eigenvalue weighted by Crippen LogP contribution is 2.25. The van der Waals surface area contributed by atoms with Crippen LogP contribution in [0.15, 0.2) is 0 Å². The summed E-state index contributed by atoms with van der Waals surface area (Å²) in [5.74, 6) is -1.02. The van der Waals surface area contributed by atoms with Crippen molar-refractivity contribution in [2.75, 3.05) is 12.3 Å². The van der Waals surface area contributed by atoms with Crippen LogP contribution in [0.2, 0.25) is 0 Å². The standard InChI is InChI=1S/C11H17NO5S/c1-6(13)10(11(16)17)12-4-8(3-9(12)15)5-18-7(2)14/h6,8,10,13H,3-5H2,1-2H3,(H,16,17)/t6-,8?,10+/m0/s1. The summed E-state index contributed by atoms with van der Waals surface area (Å²) in [5, 5.41) is 18.4. The largest absolute Gasteiger partial charge is 0.480 e. The second-order valence-electron chi connectivity index (χ2n) is 4.44. The zero-order chi connectivity index (χ0) is 13.9. The Morgan fingerprint density at radius 1 is 1.56 bits per heavy atom. The number of carboxylic acid groups (broad SMARTS) is 1. The maximum atomic E-state index is 11.7. The molecule has 0 spiro atoms. The molecule has 7 heteroatoms. The molecular formula is C11H17NO5S. The topological polar surface area (TPSA) is 94.9 Å². The highest BCUT2D eigenvalue weighted by Gasteiger charge is 2.39. The van der Waals surface area contributed by atoms with Crippen LogP contribution in [-0.4, -0.2) is 56.5 Å². The number of thioether (sulfide) groups is 1. The van der Waals surface area contributed by atoms with Gasteiger partial charge in [-0.15, -0.1) is 0 Å². The minimum atomic E-state index is -1.21. The Morgan fingerprint density at radius 2 is 2.17 bits per heavy atom. The van der Waals surface area contributed by atoms with Crippen molar-refractivity contribution in [3.63, 3.8) is 0 Å². The maximum Gasteiger partial charge on any atom is 0.329 e. The Kier molecular flexibility index (Phi) is 5.15. The fourth-order valence-corrected chi connectivity index (χ4v) is 2.72. The average Bonchev–Trinajstić information content (AvgIpc) is 2.56. The van der Waals surface area contributed by atoms with Gasteiger partial charge in [0.15, 0.2) is 11.2 Å². The van der Waals surface area contributed by atoms with Gasteiger partial charge in [-0.1, -0.05) is 11.8 Å². The molecule has 6 nitrogen and oxygen atoms in total.